The number of hydrogen-bond donors (Lipinski definition) is 2. The molecule has 0 bridgehead atoms. The molecule has 3 aromatic heterocycles. The van der Waals surface area contributed by atoms with Gasteiger partial charge < -0.3 is 10.6 Å². The highest BCUT2D eigenvalue weighted by atomic mass is 15.1. The first-order valence-corrected chi connectivity index (χ1v) is 7.43. The summed E-state index contributed by atoms with van der Waals surface area (Å²) in [5, 5.41) is 6.54. The number of hydrogen-bond acceptors (Lipinski definition) is 6. The third-order valence-electron chi connectivity index (χ3n) is 3.19. The summed E-state index contributed by atoms with van der Waals surface area (Å²) in [6.07, 6.45) is 3.56. The van der Waals surface area contributed by atoms with Crippen LogP contribution in [0.1, 0.15) is 17.2 Å². The lowest BCUT2D eigenvalue weighted by Crippen LogP contribution is -2.08. The number of aromatic nitrogens is 4. The average Bonchev–Trinajstić information content (AvgIpc) is 2.60. The number of nitrogens with one attached hydrogen (secondary N) is 2. The first kappa shape index (κ1) is 14.9. The van der Waals surface area contributed by atoms with Crippen molar-refractivity contribution >= 4 is 11.6 Å². The molecule has 0 fully saturated rings. The maximum atomic E-state index is 4.40. The lowest BCUT2D eigenvalue weighted by Gasteiger charge is -2.10. The van der Waals surface area contributed by atoms with Gasteiger partial charge in [0.05, 0.1) is 24.5 Å². The Bertz CT molecular complexity index is 684. The van der Waals surface area contributed by atoms with E-state index in [0.29, 0.717) is 18.9 Å². The smallest absolute Gasteiger partial charge is 0.132 e. The van der Waals surface area contributed by atoms with Crippen molar-refractivity contribution in [3.63, 3.8) is 0 Å². The van der Waals surface area contributed by atoms with E-state index in [1.54, 1.807) is 12.4 Å². The minimum absolute atomic E-state index is 0.622. The van der Waals surface area contributed by atoms with E-state index in [0.717, 1.165) is 23.0 Å². The molecule has 0 aliphatic heterocycles. The lowest BCUT2D eigenvalue weighted by molar-refractivity contribution is 0.974. The number of aryl methyl sites for hydroxylation is 1. The summed E-state index contributed by atoms with van der Waals surface area (Å²) >= 11 is 0. The van der Waals surface area contributed by atoms with Gasteiger partial charge in [-0.15, -0.1) is 0 Å². The predicted octanol–water partition coefficient (Wildman–Crippen LogP) is 2.80. The van der Waals surface area contributed by atoms with E-state index < -0.39 is 0 Å². The molecule has 0 radical (unpaired) electrons. The van der Waals surface area contributed by atoms with E-state index >= 15 is 0 Å². The maximum Gasteiger partial charge on any atom is 0.132 e. The van der Waals surface area contributed by atoms with Gasteiger partial charge in [-0.3, -0.25) is 9.97 Å². The van der Waals surface area contributed by atoms with Crippen LogP contribution in [-0.2, 0) is 13.1 Å². The Hall–Kier alpha value is -3.02. The lowest BCUT2D eigenvalue weighted by atomic mass is 10.3. The van der Waals surface area contributed by atoms with Gasteiger partial charge >= 0.3 is 0 Å². The molecule has 0 aromatic carbocycles. The fourth-order valence-electron chi connectivity index (χ4n) is 2.12. The second-order valence-electron chi connectivity index (χ2n) is 5.03. The van der Waals surface area contributed by atoms with Crippen LogP contribution in [0.3, 0.4) is 0 Å². The van der Waals surface area contributed by atoms with Crippen LogP contribution in [0.5, 0.6) is 0 Å². The molecule has 3 heterocycles. The predicted molar refractivity (Wildman–Crippen MR) is 89.9 cm³/mol. The number of anilines is 2. The van der Waals surface area contributed by atoms with E-state index in [1.807, 2.05) is 49.4 Å². The molecule has 116 valence electrons. The first-order valence-electron chi connectivity index (χ1n) is 7.43. The number of nitrogens with zero attached hydrogens (tertiary/aromatic N) is 4. The van der Waals surface area contributed by atoms with Crippen LogP contribution >= 0.6 is 0 Å². The van der Waals surface area contributed by atoms with Gasteiger partial charge in [-0.05, 0) is 31.2 Å². The zero-order valence-electron chi connectivity index (χ0n) is 12.9. The summed E-state index contributed by atoms with van der Waals surface area (Å²) in [5.74, 6) is 2.25. The quantitative estimate of drug-likeness (QED) is 0.729. The third kappa shape index (κ3) is 4.47. The highest BCUT2D eigenvalue weighted by Crippen LogP contribution is 2.13. The zero-order chi connectivity index (χ0) is 15.9. The minimum atomic E-state index is 0.622. The Kier molecular flexibility index (Phi) is 4.73. The van der Waals surface area contributed by atoms with E-state index in [9.17, 15) is 0 Å². The van der Waals surface area contributed by atoms with Gasteiger partial charge in [-0.2, -0.15) is 0 Å². The molecule has 2 N–H and O–H groups in total. The zero-order valence-corrected chi connectivity index (χ0v) is 12.9. The summed E-state index contributed by atoms with van der Waals surface area (Å²) in [7, 11) is 0. The Morgan fingerprint density at radius 2 is 1.30 bits per heavy atom. The molecule has 0 saturated heterocycles. The van der Waals surface area contributed by atoms with Crippen LogP contribution in [-0.4, -0.2) is 19.9 Å². The second-order valence-corrected chi connectivity index (χ2v) is 5.03. The normalized spacial score (nSPS) is 10.3. The van der Waals surface area contributed by atoms with Crippen molar-refractivity contribution in [3.8, 4) is 0 Å². The fraction of sp³-hybridized carbons (Fsp3) is 0.176. The van der Waals surface area contributed by atoms with Gasteiger partial charge in [0, 0.05) is 18.5 Å². The van der Waals surface area contributed by atoms with Crippen molar-refractivity contribution < 1.29 is 0 Å². The summed E-state index contributed by atoms with van der Waals surface area (Å²) in [6.45, 7) is 3.12. The summed E-state index contributed by atoms with van der Waals surface area (Å²) in [4.78, 5) is 17.4. The molecule has 6 heteroatoms. The van der Waals surface area contributed by atoms with Gasteiger partial charge in [0.25, 0.3) is 0 Å². The molecule has 6 nitrogen and oxygen atoms in total. The fourth-order valence-corrected chi connectivity index (χ4v) is 2.12. The molecule has 0 saturated carbocycles. The van der Waals surface area contributed by atoms with Crippen molar-refractivity contribution in [2.24, 2.45) is 0 Å². The van der Waals surface area contributed by atoms with Crippen molar-refractivity contribution in [3.05, 3.63) is 72.1 Å². The summed E-state index contributed by atoms with van der Waals surface area (Å²) in [5.41, 5.74) is 1.93. The molecule has 0 unspecified atom stereocenters. The van der Waals surface area contributed by atoms with Gasteiger partial charge in [0.15, 0.2) is 0 Å². The molecule has 3 aromatic rings. The van der Waals surface area contributed by atoms with Crippen LogP contribution in [0.15, 0.2) is 54.9 Å². The maximum absolute atomic E-state index is 4.40. The molecular weight excluding hydrogens is 288 g/mol. The van der Waals surface area contributed by atoms with Crippen molar-refractivity contribution in [2.75, 3.05) is 10.6 Å². The Morgan fingerprint density at radius 1 is 0.783 bits per heavy atom. The van der Waals surface area contributed by atoms with E-state index in [-0.39, 0.29) is 0 Å². The minimum Gasteiger partial charge on any atom is -0.364 e. The van der Waals surface area contributed by atoms with Crippen LogP contribution in [0.25, 0.3) is 0 Å². The molecular formula is C17H18N6. The van der Waals surface area contributed by atoms with Gasteiger partial charge in [0.2, 0.25) is 0 Å². The van der Waals surface area contributed by atoms with Gasteiger partial charge in [-0.25, -0.2) is 9.97 Å². The van der Waals surface area contributed by atoms with Crippen molar-refractivity contribution in [1.82, 2.24) is 19.9 Å². The van der Waals surface area contributed by atoms with E-state index in [2.05, 4.69) is 30.6 Å². The second kappa shape index (κ2) is 7.31. The van der Waals surface area contributed by atoms with Crippen LogP contribution in [0, 0.1) is 6.92 Å². The number of pyridine rings is 2. The van der Waals surface area contributed by atoms with Crippen LogP contribution in [0.4, 0.5) is 11.6 Å². The molecule has 0 aliphatic rings. The third-order valence-corrected chi connectivity index (χ3v) is 3.19. The largest absolute Gasteiger partial charge is 0.364 e. The highest BCUT2D eigenvalue weighted by Gasteiger charge is 2.03. The van der Waals surface area contributed by atoms with Crippen molar-refractivity contribution in [2.45, 2.75) is 20.0 Å². The van der Waals surface area contributed by atoms with Gasteiger partial charge in [0.1, 0.15) is 17.5 Å². The monoisotopic (exact) mass is 306 g/mol. The molecule has 0 aliphatic carbocycles. The molecule has 23 heavy (non-hydrogen) atoms. The van der Waals surface area contributed by atoms with E-state index in [1.165, 1.54) is 0 Å². The van der Waals surface area contributed by atoms with Crippen LogP contribution < -0.4 is 10.6 Å². The van der Waals surface area contributed by atoms with E-state index in [4.69, 9.17) is 0 Å². The van der Waals surface area contributed by atoms with Gasteiger partial charge in [-0.1, -0.05) is 12.1 Å². The van der Waals surface area contributed by atoms with Crippen LogP contribution in [0.2, 0.25) is 0 Å². The Balaban J connectivity index is 1.64. The Labute approximate surface area is 135 Å². The van der Waals surface area contributed by atoms with Crippen molar-refractivity contribution in [1.29, 1.82) is 0 Å². The molecule has 0 spiro atoms. The molecule has 0 atom stereocenters. The Morgan fingerprint density at radius 3 is 1.74 bits per heavy atom. The SMILES string of the molecule is Cc1nc(NCc2ccccn2)cc(NCc2ccccn2)n1. The summed E-state index contributed by atoms with van der Waals surface area (Å²) < 4.78 is 0. The number of rotatable bonds is 6. The summed E-state index contributed by atoms with van der Waals surface area (Å²) in [6, 6.07) is 13.6. The topological polar surface area (TPSA) is 75.6 Å². The molecule has 3 rings (SSSR count). The average molecular weight is 306 g/mol. The molecule has 0 amide bonds. The first-order chi connectivity index (χ1) is 11.3. The highest BCUT2D eigenvalue weighted by molar-refractivity contribution is 5.47. The standard InChI is InChI=1S/C17H18N6/c1-13-22-16(20-11-14-6-2-4-8-18-14)10-17(23-13)21-12-15-7-3-5-9-19-15/h2-10H,11-12H2,1H3,(H2,20,21,22,23).